The summed E-state index contributed by atoms with van der Waals surface area (Å²) < 4.78 is 20.2. The SMILES string of the molecule is O=C(c1ccsc1)N1CCC(F)(C(=O)N2CCOCC2)CC1. The van der Waals surface area contributed by atoms with Crippen LogP contribution in [0.3, 0.4) is 0 Å². The molecule has 1 aromatic heterocycles. The van der Waals surface area contributed by atoms with Crippen LogP contribution in [0.2, 0.25) is 0 Å². The summed E-state index contributed by atoms with van der Waals surface area (Å²) in [6.07, 6.45) is 0.137. The largest absolute Gasteiger partial charge is 0.378 e. The molecule has 0 saturated carbocycles. The van der Waals surface area contributed by atoms with Gasteiger partial charge in [-0.3, -0.25) is 9.59 Å². The summed E-state index contributed by atoms with van der Waals surface area (Å²) in [7, 11) is 0. The van der Waals surface area contributed by atoms with Gasteiger partial charge in [0, 0.05) is 44.4 Å². The molecule has 3 rings (SSSR count). The normalized spacial score (nSPS) is 21.7. The van der Waals surface area contributed by atoms with Gasteiger partial charge in [0.25, 0.3) is 11.8 Å². The molecule has 2 aliphatic heterocycles. The molecule has 120 valence electrons. The lowest BCUT2D eigenvalue weighted by Gasteiger charge is -2.39. The molecule has 2 aliphatic rings. The summed E-state index contributed by atoms with van der Waals surface area (Å²) in [5.74, 6) is -0.527. The van der Waals surface area contributed by atoms with E-state index in [9.17, 15) is 14.0 Å². The van der Waals surface area contributed by atoms with Crippen LogP contribution in [-0.4, -0.2) is 66.7 Å². The van der Waals surface area contributed by atoms with Gasteiger partial charge in [0.1, 0.15) is 0 Å². The topological polar surface area (TPSA) is 49.9 Å². The second-order valence-electron chi connectivity index (χ2n) is 5.67. The summed E-state index contributed by atoms with van der Waals surface area (Å²) in [4.78, 5) is 27.8. The Morgan fingerprint density at radius 2 is 1.82 bits per heavy atom. The Kier molecular flexibility index (Phi) is 4.44. The zero-order valence-corrected chi connectivity index (χ0v) is 13.1. The van der Waals surface area contributed by atoms with Crippen LogP contribution in [0.25, 0.3) is 0 Å². The molecule has 0 radical (unpaired) electrons. The number of likely N-dealkylation sites (tertiary alicyclic amines) is 1. The summed E-state index contributed by atoms with van der Waals surface area (Å²) >= 11 is 1.46. The molecule has 2 fully saturated rings. The highest BCUT2D eigenvalue weighted by atomic mass is 32.1. The molecule has 0 aliphatic carbocycles. The van der Waals surface area contributed by atoms with Crippen molar-refractivity contribution in [1.82, 2.24) is 9.80 Å². The summed E-state index contributed by atoms with van der Waals surface area (Å²) in [5, 5.41) is 3.64. The lowest BCUT2D eigenvalue weighted by molar-refractivity contribution is -0.151. The van der Waals surface area contributed by atoms with Gasteiger partial charge in [-0.25, -0.2) is 4.39 Å². The minimum absolute atomic E-state index is 0.0685. The van der Waals surface area contributed by atoms with Crippen LogP contribution in [0.1, 0.15) is 23.2 Å². The lowest BCUT2D eigenvalue weighted by atomic mass is 9.91. The van der Waals surface area contributed by atoms with Crippen molar-refractivity contribution >= 4 is 23.2 Å². The molecule has 0 unspecified atom stereocenters. The number of piperidine rings is 1. The monoisotopic (exact) mass is 326 g/mol. The van der Waals surface area contributed by atoms with Gasteiger partial charge in [0.15, 0.2) is 5.67 Å². The molecular weight excluding hydrogens is 307 g/mol. The first kappa shape index (κ1) is 15.4. The summed E-state index contributed by atoms with van der Waals surface area (Å²) in [6.45, 7) is 2.38. The molecule has 5 nitrogen and oxygen atoms in total. The van der Waals surface area contributed by atoms with Crippen LogP contribution in [0.15, 0.2) is 16.8 Å². The average molecular weight is 326 g/mol. The van der Waals surface area contributed by atoms with E-state index in [0.29, 0.717) is 31.9 Å². The molecule has 0 aromatic carbocycles. The van der Waals surface area contributed by atoms with Crippen LogP contribution >= 0.6 is 11.3 Å². The molecule has 3 heterocycles. The first-order chi connectivity index (χ1) is 10.6. The van der Waals surface area contributed by atoms with Gasteiger partial charge in [-0.2, -0.15) is 11.3 Å². The van der Waals surface area contributed by atoms with Crippen LogP contribution in [0.4, 0.5) is 4.39 Å². The van der Waals surface area contributed by atoms with E-state index >= 15 is 0 Å². The average Bonchev–Trinajstić information content (AvgIpc) is 3.09. The molecule has 2 saturated heterocycles. The molecule has 1 aromatic rings. The molecule has 7 heteroatoms. The molecule has 22 heavy (non-hydrogen) atoms. The Balaban J connectivity index is 1.60. The molecule has 0 N–H and O–H groups in total. The van der Waals surface area contributed by atoms with Gasteiger partial charge in [0.05, 0.1) is 18.8 Å². The Labute approximate surface area is 132 Å². The van der Waals surface area contributed by atoms with E-state index in [2.05, 4.69) is 0 Å². The second kappa shape index (κ2) is 6.34. The highest BCUT2D eigenvalue weighted by Crippen LogP contribution is 2.30. The van der Waals surface area contributed by atoms with Gasteiger partial charge < -0.3 is 14.5 Å². The number of rotatable bonds is 2. The fourth-order valence-corrected chi connectivity index (χ4v) is 3.53. The fraction of sp³-hybridized carbons (Fsp3) is 0.600. The highest BCUT2D eigenvalue weighted by Gasteiger charge is 2.45. The third-order valence-corrected chi connectivity index (χ3v) is 4.98. The fourth-order valence-electron chi connectivity index (χ4n) is 2.90. The van der Waals surface area contributed by atoms with Crippen molar-refractivity contribution in [1.29, 1.82) is 0 Å². The van der Waals surface area contributed by atoms with Gasteiger partial charge in [-0.1, -0.05) is 0 Å². The maximum Gasteiger partial charge on any atom is 0.260 e. The van der Waals surface area contributed by atoms with Crippen molar-refractivity contribution in [3.63, 3.8) is 0 Å². The van der Waals surface area contributed by atoms with Crippen molar-refractivity contribution in [2.75, 3.05) is 39.4 Å². The van der Waals surface area contributed by atoms with Crippen LogP contribution < -0.4 is 0 Å². The first-order valence-electron chi connectivity index (χ1n) is 7.48. The minimum atomic E-state index is -1.84. The Morgan fingerprint density at radius 1 is 1.14 bits per heavy atom. The second-order valence-corrected chi connectivity index (χ2v) is 6.45. The lowest BCUT2D eigenvalue weighted by Crippen LogP contribution is -2.55. The number of carbonyl (C=O) groups is 2. The number of thiophene rings is 1. The number of hydrogen-bond donors (Lipinski definition) is 0. The van der Waals surface area contributed by atoms with Crippen molar-refractivity contribution in [3.05, 3.63) is 22.4 Å². The quantitative estimate of drug-likeness (QED) is 0.828. The molecule has 0 bridgehead atoms. The van der Waals surface area contributed by atoms with E-state index in [-0.39, 0.29) is 31.8 Å². The van der Waals surface area contributed by atoms with Crippen molar-refractivity contribution in [2.45, 2.75) is 18.5 Å². The third kappa shape index (κ3) is 3.01. The van der Waals surface area contributed by atoms with Crippen LogP contribution in [-0.2, 0) is 9.53 Å². The summed E-state index contributed by atoms with van der Waals surface area (Å²) in [6, 6.07) is 1.77. The van der Waals surface area contributed by atoms with Gasteiger partial charge >= 0.3 is 0 Å². The van der Waals surface area contributed by atoms with Gasteiger partial charge in [0.2, 0.25) is 0 Å². The number of carbonyl (C=O) groups excluding carboxylic acids is 2. The number of amides is 2. The Morgan fingerprint density at radius 3 is 2.41 bits per heavy atom. The Bertz CT molecular complexity index is 535. The standard InChI is InChI=1S/C15H19FN2O3S/c16-15(14(20)18-6-8-21-9-7-18)2-4-17(5-3-15)13(19)12-1-10-22-11-12/h1,10-11H,2-9H2. The van der Waals surface area contributed by atoms with Gasteiger partial charge in [-0.05, 0) is 11.4 Å². The minimum Gasteiger partial charge on any atom is -0.378 e. The molecule has 2 amide bonds. The number of halogens is 1. The predicted octanol–water partition coefficient (Wildman–Crippen LogP) is 1.55. The maximum atomic E-state index is 15.0. The number of morpholine rings is 1. The summed E-state index contributed by atoms with van der Waals surface area (Å²) in [5.41, 5.74) is -1.21. The number of alkyl halides is 1. The number of nitrogens with zero attached hydrogens (tertiary/aromatic N) is 2. The van der Waals surface area contributed by atoms with Crippen LogP contribution in [0, 0.1) is 0 Å². The van der Waals surface area contributed by atoms with Crippen molar-refractivity contribution < 1.29 is 18.7 Å². The maximum absolute atomic E-state index is 15.0. The number of hydrogen-bond acceptors (Lipinski definition) is 4. The zero-order valence-electron chi connectivity index (χ0n) is 12.3. The van der Waals surface area contributed by atoms with E-state index in [4.69, 9.17) is 4.74 Å². The van der Waals surface area contributed by atoms with E-state index < -0.39 is 11.6 Å². The predicted molar refractivity (Wildman–Crippen MR) is 80.7 cm³/mol. The van der Waals surface area contributed by atoms with Crippen LogP contribution in [0.5, 0.6) is 0 Å². The molecule has 0 atom stereocenters. The van der Waals surface area contributed by atoms with E-state index in [1.165, 1.54) is 11.3 Å². The zero-order chi connectivity index (χ0) is 15.6. The smallest absolute Gasteiger partial charge is 0.260 e. The molecule has 0 spiro atoms. The Hall–Kier alpha value is -1.47. The first-order valence-corrected chi connectivity index (χ1v) is 8.42. The van der Waals surface area contributed by atoms with E-state index in [0.717, 1.165) is 0 Å². The number of ether oxygens (including phenoxy) is 1. The third-order valence-electron chi connectivity index (χ3n) is 4.29. The van der Waals surface area contributed by atoms with E-state index in [1.54, 1.807) is 21.2 Å². The van der Waals surface area contributed by atoms with Crippen molar-refractivity contribution in [3.8, 4) is 0 Å². The van der Waals surface area contributed by atoms with Crippen molar-refractivity contribution in [2.24, 2.45) is 0 Å². The van der Waals surface area contributed by atoms with E-state index in [1.807, 2.05) is 5.38 Å². The highest BCUT2D eigenvalue weighted by molar-refractivity contribution is 7.08. The van der Waals surface area contributed by atoms with Gasteiger partial charge in [-0.15, -0.1) is 0 Å². The molecular formula is C15H19FN2O3S.